The Bertz CT molecular complexity index is 1010. The van der Waals surface area contributed by atoms with Crippen molar-refractivity contribution in [2.75, 3.05) is 13.1 Å². The molecule has 7 heteroatoms. The second-order valence-corrected chi connectivity index (χ2v) is 9.69. The molecule has 2 aliphatic heterocycles. The molecule has 2 N–H and O–H groups in total. The van der Waals surface area contributed by atoms with Crippen molar-refractivity contribution >= 4 is 27.9 Å². The van der Waals surface area contributed by atoms with Gasteiger partial charge in [-0.25, -0.2) is 4.79 Å². The SMILES string of the molecule is CC1(C)CN(C[C@@H](O)C2Cc3ccccc3CN2C(=O)O)C(=O)c2ccc(Br)cc21. The number of carbonyl (C=O) groups is 2. The van der Waals surface area contributed by atoms with Gasteiger partial charge in [0.2, 0.25) is 0 Å². The molecular weight excluding hydrogens is 448 g/mol. The van der Waals surface area contributed by atoms with E-state index in [1.54, 1.807) is 4.90 Å². The standard InChI is InChI=1S/C23H25BrN2O4/c1-23(2)13-25(21(28)17-8-7-16(24)10-18(17)23)12-20(27)19-9-14-5-3-4-6-15(14)11-26(19)22(29)30/h3-8,10,19-20,27H,9,11-13H2,1-2H3,(H,29,30)/t19?,20-/m1/s1. The molecule has 30 heavy (non-hydrogen) atoms. The molecule has 0 radical (unpaired) electrons. The zero-order valence-electron chi connectivity index (χ0n) is 17.0. The summed E-state index contributed by atoms with van der Waals surface area (Å²) in [5.41, 5.74) is 3.33. The van der Waals surface area contributed by atoms with Crippen LogP contribution in [0.4, 0.5) is 4.79 Å². The maximum atomic E-state index is 13.1. The molecule has 6 nitrogen and oxygen atoms in total. The highest BCUT2D eigenvalue weighted by Crippen LogP contribution is 2.35. The summed E-state index contributed by atoms with van der Waals surface area (Å²) in [5.74, 6) is -0.131. The number of benzene rings is 2. The lowest BCUT2D eigenvalue weighted by molar-refractivity contribution is 0.0132. The lowest BCUT2D eigenvalue weighted by atomic mass is 9.78. The Kier molecular flexibility index (Phi) is 5.36. The molecule has 2 atom stereocenters. The van der Waals surface area contributed by atoms with Crippen LogP contribution in [0.25, 0.3) is 0 Å². The van der Waals surface area contributed by atoms with Gasteiger partial charge in [-0.2, -0.15) is 0 Å². The van der Waals surface area contributed by atoms with Crippen LogP contribution in [-0.4, -0.2) is 57.2 Å². The maximum Gasteiger partial charge on any atom is 0.407 e. The molecule has 4 rings (SSSR count). The van der Waals surface area contributed by atoms with Gasteiger partial charge in [-0.05, 0) is 41.3 Å². The summed E-state index contributed by atoms with van der Waals surface area (Å²) >= 11 is 3.48. The Labute approximate surface area is 184 Å². The van der Waals surface area contributed by atoms with Crippen molar-refractivity contribution in [1.82, 2.24) is 9.80 Å². The van der Waals surface area contributed by atoms with Gasteiger partial charge < -0.3 is 15.1 Å². The highest BCUT2D eigenvalue weighted by atomic mass is 79.9. The molecule has 2 aliphatic rings. The number of β-amino-alcohol motifs (C(OH)–C–C–N with tert-alkyl or cyclic N) is 1. The summed E-state index contributed by atoms with van der Waals surface area (Å²) < 4.78 is 0.925. The molecule has 0 aromatic heterocycles. The molecule has 0 saturated heterocycles. The maximum absolute atomic E-state index is 13.1. The fourth-order valence-electron chi connectivity index (χ4n) is 4.66. The number of aliphatic hydroxyl groups excluding tert-OH is 1. The molecule has 2 aromatic rings. The van der Waals surface area contributed by atoms with E-state index in [4.69, 9.17) is 0 Å². The predicted molar refractivity (Wildman–Crippen MR) is 117 cm³/mol. The topological polar surface area (TPSA) is 81.1 Å². The summed E-state index contributed by atoms with van der Waals surface area (Å²) in [5, 5.41) is 20.8. The molecule has 1 unspecified atom stereocenters. The van der Waals surface area contributed by atoms with Crippen LogP contribution in [0.5, 0.6) is 0 Å². The predicted octanol–water partition coefficient (Wildman–Crippen LogP) is 3.65. The first-order chi connectivity index (χ1) is 14.2. The summed E-state index contributed by atoms with van der Waals surface area (Å²) in [7, 11) is 0. The van der Waals surface area contributed by atoms with Gasteiger partial charge in [-0.3, -0.25) is 9.69 Å². The van der Waals surface area contributed by atoms with Gasteiger partial charge in [-0.1, -0.05) is 54.0 Å². The Morgan fingerprint density at radius 1 is 1.23 bits per heavy atom. The van der Waals surface area contributed by atoms with Crippen LogP contribution >= 0.6 is 15.9 Å². The van der Waals surface area contributed by atoms with Crippen LogP contribution < -0.4 is 0 Å². The molecular formula is C23H25BrN2O4. The third kappa shape index (κ3) is 3.72. The average Bonchev–Trinajstić information content (AvgIpc) is 2.70. The monoisotopic (exact) mass is 472 g/mol. The Hall–Kier alpha value is -2.38. The van der Waals surface area contributed by atoms with Crippen molar-refractivity contribution in [3.8, 4) is 0 Å². The summed E-state index contributed by atoms with van der Waals surface area (Å²) in [4.78, 5) is 27.9. The molecule has 0 saturated carbocycles. The van der Waals surface area contributed by atoms with E-state index >= 15 is 0 Å². The van der Waals surface area contributed by atoms with E-state index in [0.717, 1.165) is 21.2 Å². The van der Waals surface area contributed by atoms with Crippen LogP contribution in [0.15, 0.2) is 46.9 Å². The van der Waals surface area contributed by atoms with Gasteiger partial charge >= 0.3 is 6.09 Å². The molecule has 0 fully saturated rings. The van der Waals surface area contributed by atoms with E-state index in [0.29, 0.717) is 18.5 Å². The smallest absolute Gasteiger partial charge is 0.407 e. The zero-order valence-corrected chi connectivity index (χ0v) is 18.6. The third-order valence-electron chi connectivity index (χ3n) is 6.20. The van der Waals surface area contributed by atoms with Gasteiger partial charge in [0, 0.05) is 35.1 Å². The Morgan fingerprint density at radius 2 is 1.93 bits per heavy atom. The minimum Gasteiger partial charge on any atom is -0.465 e. The van der Waals surface area contributed by atoms with Gasteiger partial charge in [-0.15, -0.1) is 0 Å². The molecule has 2 heterocycles. The molecule has 0 spiro atoms. The largest absolute Gasteiger partial charge is 0.465 e. The minimum atomic E-state index is -1.06. The van der Waals surface area contributed by atoms with Crippen LogP contribution in [0.2, 0.25) is 0 Å². The van der Waals surface area contributed by atoms with Crippen molar-refractivity contribution in [2.45, 2.75) is 44.4 Å². The number of aliphatic hydroxyl groups is 1. The van der Waals surface area contributed by atoms with Crippen molar-refractivity contribution in [3.63, 3.8) is 0 Å². The van der Waals surface area contributed by atoms with Crippen LogP contribution in [0.3, 0.4) is 0 Å². The zero-order chi connectivity index (χ0) is 21.6. The number of carboxylic acid groups (broad SMARTS) is 1. The van der Waals surface area contributed by atoms with Crippen molar-refractivity contribution in [1.29, 1.82) is 0 Å². The van der Waals surface area contributed by atoms with Gasteiger partial charge in [0.1, 0.15) is 0 Å². The molecule has 2 aromatic carbocycles. The number of hydrogen-bond acceptors (Lipinski definition) is 3. The van der Waals surface area contributed by atoms with Gasteiger partial charge in [0.05, 0.1) is 12.1 Å². The van der Waals surface area contributed by atoms with Gasteiger partial charge in [0.15, 0.2) is 0 Å². The van der Waals surface area contributed by atoms with E-state index in [1.807, 2.05) is 42.5 Å². The number of fused-ring (bicyclic) bond motifs is 2. The van der Waals surface area contributed by atoms with Crippen molar-refractivity contribution < 1.29 is 19.8 Å². The van der Waals surface area contributed by atoms with Gasteiger partial charge in [0.25, 0.3) is 5.91 Å². The van der Waals surface area contributed by atoms with Crippen LogP contribution in [0, 0.1) is 0 Å². The highest BCUT2D eigenvalue weighted by Gasteiger charge is 2.40. The Balaban J connectivity index is 1.59. The van der Waals surface area contributed by atoms with E-state index < -0.39 is 18.2 Å². The minimum absolute atomic E-state index is 0.0916. The normalized spacial score (nSPS) is 21.1. The van der Waals surface area contributed by atoms with Crippen LogP contribution in [-0.2, 0) is 18.4 Å². The highest BCUT2D eigenvalue weighted by molar-refractivity contribution is 9.10. The van der Waals surface area contributed by atoms with Crippen molar-refractivity contribution in [2.24, 2.45) is 0 Å². The number of carbonyl (C=O) groups excluding carboxylic acids is 1. The number of amides is 2. The Morgan fingerprint density at radius 3 is 2.63 bits per heavy atom. The first-order valence-corrected chi connectivity index (χ1v) is 10.8. The van der Waals surface area contributed by atoms with E-state index in [2.05, 4.69) is 29.8 Å². The van der Waals surface area contributed by atoms with E-state index in [-0.39, 0.29) is 24.4 Å². The quantitative estimate of drug-likeness (QED) is 0.714. The first kappa shape index (κ1) is 20.9. The fourth-order valence-corrected chi connectivity index (χ4v) is 5.02. The molecule has 0 aliphatic carbocycles. The molecule has 2 amide bonds. The van der Waals surface area contributed by atoms with Crippen molar-refractivity contribution in [3.05, 3.63) is 69.2 Å². The average molecular weight is 473 g/mol. The second kappa shape index (κ2) is 7.71. The summed E-state index contributed by atoms with van der Waals surface area (Å²) in [6.45, 7) is 4.94. The third-order valence-corrected chi connectivity index (χ3v) is 6.69. The molecule has 0 bridgehead atoms. The fraction of sp³-hybridized carbons (Fsp3) is 0.391. The number of nitrogens with zero attached hydrogens (tertiary/aromatic N) is 2. The summed E-state index contributed by atoms with van der Waals surface area (Å²) in [6.07, 6.45) is -1.61. The van der Waals surface area contributed by atoms with E-state index in [1.165, 1.54) is 4.90 Å². The first-order valence-electron chi connectivity index (χ1n) is 10.0. The van der Waals surface area contributed by atoms with E-state index in [9.17, 15) is 19.8 Å². The number of hydrogen-bond donors (Lipinski definition) is 2. The lowest BCUT2D eigenvalue weighted by Crippen LogP contribution is -2.56. The number of halogens is 1. The lowest BCUT2D eigenvalue weighted by Gasteiger charge is -2.43. The summed E-state index contributed by atoms with van der Waals surface area (Å²) in [6, 6.07) is 12.7. The molecule has 158 valence electrons. The van der Waals surface area contributed by atoms with Crippen LogP contribution in [0.1, 0.15) is 40.9 Å². The second-order valence-electron chi connectivity index (χ2n) is 8.78. The number of rotatable bonds is 3.